The SMILES string of the molecule is Cc1cc(COc2ccc(CC3SCCC3C(=O)NO)cc2)c2ccccc2n1. The third-order valence-corrected chi connectivity index (χ3v) is 6.74. The summed E-state index contributed by atoms with van der Waals surface area (Å²) in [7, 11) is 0. The number of nitrogens with zero attached hydrogens (tertiary/aromatic N) is 1. The number of carbonyl (C=O) groups is 1. The molecule has 2 atom stereocenters. The number of carbonyl (C=O) groups excluding carboxylic acids is 1. The van der Waals surface area contributed by atoms with Crippen molar-refractivity contribution in [2.75, 3.05) is 5.75 Å². The molecule has 2 heterocycles. The summed E-state index contributed by atoms with van der Waals surface area (Å²) in [6.45, 7) is 2.48. The van der Waals surface area contributed by atoms with Crippen molar-refractivity contribution >= 4 is 28.6 Å². The van der Waals surface area contributed by atoms with Crippen molar-refractivity contribution < 1.29 is 14.7 Å². The summed E-state index contributed by atoms with van der Waals surface area (Å²) in [5.41, 5.74) is 6.05. The number of rotatable bonds is 6. The topological polar surface area (TPSA) is 71.5 Å². The largest absolute Gasteiger partial charge is 0.489 e. The van der Waals surface area contributed by atoms with Crippen LogP contribution in [0.1, 0.15) is 23.2 Å². The van der Waals surface area contributed by atoms with E-state index >= 15 is 0 Å². The van der Waals surface area contributed by atoms with Crippen LogP contribution < -0.4 is 10.2 Å². The van der Waals surface area contributed by atoms with Gasteiger partial charge in [0, 0.05) is 21.9 Å². The number of aryl methyl sites for hydroxylation is 1. The molecule has 1 fully saturated rings. The molecule has 1 amide bonds. The Kier molecular flexibility index (Phi) is 6.02. The lowest BCUT2D eigenvalue weighted by molar-refractivity contribution is -0.133. The molecule has 5 nitrogen and oxygen atoms in total. The van der Waals surface area contributed by atoms with Gasteiger partial charge in [-0.05, 0) is 55.3 Å². The molecule has 1 aliphatic rings. The first kappa shape index (κ1) is 19.7. The van der Waals surface area contributed by atoms with E-state index in [0.717, 1.165) is 52.1 Å². The van der Waals surface area contributed by atoms with Crippen LogP contribution in [0.5, 0.6) is 5.75 Å². The summed E-state index contributed by atoms with van der Waals surface area (Å²) in [5, 5.41) is 10.2. The molecule has 150 valence electrons. The number of para-hydroxylation sites is 1. The van der Waals surface area contributed by atoms with Crippen LogP contribution in [-0.2, 0) is 17.8 Å². The number of hydrogen-bond donors (Lipinski definition) is 2. The second-order valence-corrected chi connectivity index (χ2v) is 8.70. The molecular weight excluding hydrogens is 384 g/mol. The van der Waals surface area contributed by atoms with Crippen LogP contribution in [0.3, 0.4) is 0 Å². The standard InChI is InChI=1S/C23H24N2O3S/c1-15-12-17(19-4-2-3-5-21(19)24-15)14-28-18-8-6-16(7-9-18)13-22-20(10-11-29-22)23(26)25-27/h2-9,12,20,22,27H,10-11,13-14H2,1H3,(H,25,26). The van der Waals surface area contributed by atoms with Gasteiger partial charge in [0.1, 0.15) is 12.4 Å². The molecule has 6 heteroatoms. The van der Waals surface area contributed by atoms with Crippen LogP contribution in [0.2, 0.25) is 0 Å². The van der Waals surface area contributed by atoms with Gasteiger partial charge in [0.2, 0.25) is 5.91 Å². The molecule has 1 saturated heterocycles. The number of pyridine rings is 1. The Hall–Kier alpha value is -2.57. The smallest absolute Gasteiger partial charge is 0.247 e. The fraction of sp³-hybridized carbons (Fsp3) is 0.304. The van der Waals surface area contributed by atoms with Gasteiger partial charge < -0.3 is 4.74 Å². The van der Waals surface area contributed by atoms with Crippen LogP contribution in [0, 0.1) is 12.8 Å². The highest BCUT2D eigenvalue weighted by atomic mass is 32.2. The number of hydrogen-bond acceptors (Lipinski definition) is 5. The number of hydroxylamine groups is 1. The second kappa shape index (κ2) is 8.84. The molecule has 2 N–H and O–H groups in total. The van der Waals surface area contributed by atoms with Gasteiger partial charge in [-0.15, -0.1) is 0 Å². The van der Waals surface area contributed by atoms with E-state index in [2.05, 4.69) is 29.2 Å². The second-order valence-electron chi connectivity index (χ2n) is 7.36. The highest BCUT2D eigenvalue weighted by Gasteiger charge is 2.33. The average molecular weight is 409 g/mol. The van der Waals surface area contributed by atoms with Gasteiger partial charge in [0.25, 0.3) is 0 Å². The summed E-state index contributed by atoms with van der Waals surface area (Å²) in [6.07, 6.45) is 1.61. The third-order valence-electron chi connectivity index (χ3n) is 5.34. The van der Waals surface area contributed by atoms with Crippen molar-refractivity contribution in [3.05, 3.63) is 71.4 Å². The molecule has 0 radical (unpaired) electrons. The molecule has 1 aromatic heterocycles. The zero-order valence-corrected chi connectivity index (χ0v) is 17.1. The Balaban J connectivity index is 1.41. The molecule has 0 spiro atoms. The molecule has 4 rings (SSSR count). The monoisotopic (exact) mass is 408 g/mol. The Morgan fingerprint density at radius 2 is 2.03 bits per heavy atom. The highest BCUT2D eigenvalue weighted by Crippen LogP contribution is 2.35. The van der Waals surface area contributed by atoms with Gasteiger partial charge in [-0.3, -0.25) is 15.0 Å². The minimum Gasteiger partial charge on any atom is -0.489 e. The number of nitrogens with one attached hydrogen (secondary N) is 1. The number of thioether (sulfide) groups is 1. The summed E-state index contributed by atoms with van der Waals surface area (Å²) in [4.78, 5) is 16.4. The van der Waals surface area contributed by atoms with E-state index in [4.69, 9.17) is 9.94 Å². The normalized spacial score (nSPS) is 18.7. The molecule has 0 saturated carbocycles. The molecular formula is C23H24N2O3S. The summed E-state index contributed by atoms with van der Waals surface area (Å²) in [5.74, 6) is 1.35. The number of aromatic nitrogens is 1. The van der Waals surface area contributed by atoms with Crippen molar-refractivity contribution in [2.45, 2.75) is 31.6 Å². The van der Waals surface area contributed by atoms with E-state index in [1.807, 2.05) is 37.3 Å². The summed E-state index contributed by atoms with van der Waals surface area (Å²) < 4.78 is 6.03. The number of fused-ring (bicyclic) bond motifs is 1. The first-order chi connectivity index (χ1) is 14.1. The number of benzene rings is 2. The van der Waals surface area contributed by atoms with Crippen LogP contribution in [-0.4, -0.2) is 27.1 Å². The van der Waals surface area contributed by atoms with Gasteiger partial charge in [-0.2, -0.15) is 11.8 Å². The van der Waals surface area contributed by atoms with Crippen molar-refractivity contribution in [2.24, 2.45) is 5.92 Å². The first-order valence-electron chi connectivity index (χ1n) is 9.76. The molecule has 0 aliphatic carbocycles. The highest BCUT2D eigenvalue weighted by molar-refractivity contribution is 8.00. The summed E-state index contributed by atoms with van der Waals surface area (Å²) in [6, 6.07) is 18.2. The van der Waals surface area contributed by atoms with E-state index in [0.29, 0.717) is 6.61 Å². The summed E-state index contributed by atoms with van der Waals surface area (Å²) >= 11 is 1.79. The fourth-order valence-corrected chi connectivity index (χ4v) is 5.36. The predicted molar refractivity (Wildman–Crippen MR) is 115 cm³/mol. The lowest BCUT2D eigenvalue weighted by Crippen LogP contribution is -2.32. The Morgan fingerprint density at radius 3 is 2.83 bits per heavy atom. The zero-order chi connectivity index (χ0) is 20.2. The van der Waals surface area contributed by atoms with Crippen LogP contribution >= 0.6 is 11.8 Å². The van der Waals surface area contributed by atoms with Gasteiger partial charge in [0.05, 0.1) is 11.4 Å². The molecule has 29 heavy (non-hydrogen) atoms. The minimum absolute atomic E-state index is 0.135. The molecule has 1 aliphatic heterocycles. The Labute approximate surface area is 174 Å². The van der Waals surface area contributed by atoms with E-state index < -0.39 is 0 Å². The van der Waals surface area contributed by atoms with Gasteiger partial charge in [0.15, 0.2) is 0 Å². The lowest BCUT2D eigenvalue weighted by atomic mass is 9.96. The van der Waals surface area contributed by atoms with Crippen LogP contribution in [0.15, 0.2) is 54.6 Å². The van der Waals surface area contributed by atoms with Crippen molar-refractivity contribution in [3.63, 3.8) is 0 Å². The Bertz CT molecular complexity index is 1010. The minimum atomic E-state index is -0.278. The first-order valence-corrected chi connectivity index (χ1v) is 10.8. The molecule has 0 bridgehead atoms. The fourth-order valence-electron chi connectivity index (χ4n) is 3.86. The van der Waals surface area contributed by atoms with Crippen molar-refractivity contribution in [1.29, 1.82) is 0 Å². The molecule has 3 aromatic rings. The average Bonchev–Trinajstić information content (AvgIpc) is 3.20. The van der Waals surface area contributed by atoms with Gasteiger partial charge in [-0.1, -0.05) is 30.3 Å². The third kappa shape index (κ3) is 4.54. The van der Waals surface area contributed by atoms with E-state index in [1.54, 1.807) is 17.2 Å². The van der Waals surface area contributed by atoms with E-state index in [-0.39, 0.29) is 17.1 Å². The Morgan fingerprint density at radius 1 is 1.24 bits per heavy atom. The van der Waals surface area contributed by atoms with Gasteiger partial charge >= 0.3 is 0 Å². The van der Waals surface area contributed by atoms with Crippen molar-refractivity contribution in [1.82, 2.24) is 10.5 Å². The zero-order valence-electron chi connectivity index (χ0n) is 16.3. The maximum atomic E-state index is 11.8. The quantitative estimate of drug-likeness (QED) is 0.470. The van der Waals surface area contributed by atoms with Crippen LogP contribution in [0.4, 0.5) is 0 Å². The van der Waals surface area contributed by atoms with Gasteiger partial charge in [-0.25, -0.2) is 5.48 Å². The maximum Gasteiger partial charge on any atom is 0.247 e. The molecule has 2 aromatic carbocycles. The van der Waals surface area contributed by atoms with Crippen molar-refractivity contribution in [3.8, 4) is 5.75 Å². The lowest BCUT2D eigenvalue weighted by Gasteiger charge is -2.17. The number of ether oxygens (including phenoxy) is 1. The maximum absolute atomic E-state index is 11.8. The predicted octanol–water partition coefficient (Wildman–Crippen LogP) is 4.29. The molecule has 2 unspecified atom stereocenters. The number of amides is 1. The van der Waals surface area contributed by atoms with Crippen LogP contribution in [0.25, 0.3) is 10.9 Å². The van der Waals surface area contributed by atoms with E-state index in [9.17, 15) is 4.79 Å². The van der Waals surface area contributed by atoms with E-state index in [1.165, 1.54) is 0 Å².